The lowest BCUT2D eigenvalue weighted by atomic mass is 10.0. The van der Waals surface area contributed by atoms with Crippen molar-refractivity contribution in [2.45, 2.75) is 31.8 Å². The van der Waals surface area contributed by atoms with Gasteiger partial charge in [0.25, 0.3) is 0 Å². The van der Waals surface area contributed by atoms with Crippen LogP contribution in [0.25, 0.3) is 0 Å². The van der Waals surface area contributed by atoms with E-state index in [1.807, 2.05) is 0 Å². The Morgan fingerprint density at radius 2 is 2.28 bits per heavy atom. The van der Waals surface area contributed by atoms with E-state index in [9.17, 15) is 9.18 Å². The van der Waals surface area contributed by atoms with Gasteiger partial charge in [-0.15, -0.1) is 0 Å². The molecule has 98 valence electrons. The van der Waals surface area contributed by atoms with Crippen molar-refractivity contribution in [3.63, 3.8) is 0 Å². The molecule has 2 rings (SSSR count). The average molecular weight is 271 g/mol. The molecule has 0 aliphatic heterocycles. The Morgan fingerprint density at radius 3 is 2.94 bits per heavy atom. The summed E-state index contributed by atoms with van der Waals surface area (Å²) in [5.74, 6) is -0.721. The van der Waals surface area contributed by atoms with Gasteiger partial charge in [-0.05, 0) is 18.9 Å². The summed E-state index contributed by atoms with van der Waals surface area (Å²) in [6.07, 6.45) is 2.67. The van der Waals surface area contributed by atoms with Gasteiger partial charge in [-0.1, -0.05) is 30.2 Å². The second-order valence-electron chi connectivity index (χ2n) is 4.63. The lowest BCUT2D eigenvalue weighted by molar-refractivity contribution is -0.125. The summed E-state index contributed by atoms with van der Waals surface area (Å²) in [6.45, 7) is 0.147. The quantitative estimate of drug-likeness (QED) is 0.885. The summed E-state index contributed by atoms with van der Waals surface area (Å²) in [5, 5.41) is 2.79. The molecule has 2 atom stereocenters. The number of amides is 1. The van der Waals surface area contributed by atoms with Crippen LogP contribution >= 0.6 is 11.6 Å². The minimum absolute atomic E-state index is 0.0688. The number of benzene rings is 1. The summed E-state index contributed by atoms with van der Waals surface area (Å²) in [6, 6.07) is 4.67. The zero-order chi connectivity index (χ0) is 13.1. The van der Waals surface area contributed by atoms with Crippen LogP contribution in [0, 0.1) is 11.7 Å². The Morgan fingerprint density at radius 1 is 1.50 bits per heavy atom. The first-order chi connectivity index (χ1) is 8.59. The van der Waals surface area contributed by atoms with Gasteiger partial charge in [-0.25, -0.2) is 4.39 Å². The molecule has 0 heterocycles. The van der Waals surface area contributed by atoms with E-state index in [0.29, 0.717) is 5.56 Å². The topological polar surface area (TPSA) is 55.1 Å². The van der Waals surface area contributed by atoms with E-state index in [4.69, 9.17) is 17.3 Å². The second-order valence-corrected chi connectivity index (χ2v) is 5.04. The van der Waals surface area contributed by atoms with Crippen molar-refractivity contribution in [3.05, 3.63) is 34.6 Å². The van der Waals surface area contributed by atoms with Gasteiger partial charge in [-0.2, -0.15) is 0 Å². The minimum Gasteiger partial charge on any atom is -0.352 e. The van der Waals surface area contributed by atoms with Gasteiger partial charge in [0.2, 0.25) is 5.91 Å². The van der Waals surface area contributed by atoms with E-state index in [1.165, 1.54) is 6.07 Å². The van der Waals surface area contributed by atoms with Gasteiger partial charge in [0.05, 0.1) is 10.9 Å². The summed E-state index contributed by atoms with van der Waals surface area (Å²) in [5.41, 5.74) is 6.24. The monoisotopic (exact) mass is 270 g/mol. The van der Waals surface area contributed by atoms with Crippen LogP contribution in [-0.4, -0.2) is 11.9 Å². The highest BCUT2D eigenvalue weighted by Gasteiger charge is 2.29. The van der Waals surface area contributed by atoms with Gasteiger partial charge in [0.15, 0.2) is 0 Å². The maximum Gasteiger partial charge on any atom is 0.224 e. The summed E-state index contributed by atoms with van der Waals surface area (Å²) in [7, 11) is 0. The highest BCUT2D eigenvalue weighted by molar-refractivity contribution is 6.30. The second kappa shape index (κ2) is 5.67. The Hall–Kier alpha value is -1.13. The lowest BCUT2D eigenvalue weighted by Crippen LogP contribution is -2.38. The van der Waals surface area contributed by atoms with Crippen LogP contribution in [0.15, 0.2) is 18.2 Å². The Balaban J connectivity index is 1.95. The van der Waals surface area contributed by atoms with Crippen LogP contribution in [-0.2, 0) is 11.3 Å². The highest BCUT2D eigenvalue weighted by Crippen LogP contribution is 2.24. The molecular formula is C13H16ClFN2O. The van der Waals surface area contributed by atoms with Crippen molar-refractivity contribution in [1.29, 1.82) is 0 Å². The fourth-order valence-electron chi connectivity index (χ4n) is 2.31. The first kappa shape index (κ1) is 13.3. The molecule has 1 aliphatic rings. The normalized spacial score (nSPS) is 23.1. The number of hydrogen-bond acceptors (Lipinski definition) is 2. The van der Waals surface area contributed by atoms with Gasteiger partial charge in [0, 0.05) is 18.2 Å². The predicted octanol–water partition coefficient (Wildman–Crippen LogP) is 2.22. The number of rotatable bonds is 3. The number of carbonyl (C=O) groups is 1. The van der Waals surface area contributed by atoms with Crippen LogP contribution in [0.1, 0.15) is 24.8 Å². The van der Waals surface area contributed by atoms with Crippen LogP contribution in [0.4, 0.5) is 4.39 Å². The number of carbonyl (C=O) groups excluding carboxylic acids is 1. The molecule has 1 saturated carbocycles. The van der Waals surface area contributed by atoms with Gasteiger partial charge < -0.3 is 11.1 Å². The molecule has 5 heteroatoms. The zero-order valence-corrected chi connectivity index (χ0v) is 10.7. The zero-order valence-electron chi connectivity index (χ0n) is 9.96. The number of halogens is 2. The molecule has 2 unspecified atom stereocenters. The highest BCUT2D eigenvalue weighted by atomic mass is 35.5. The molecule has 0 spiro atoms. The molecule has 1 aliphatic carbocycles. The SMILES string of the molecule is NC1CCCC1C(=O)NCc1cccc(Cl)c1F. The van der Waals surface area contributed by atoms with E-state index in [2.05, 4.69) is 5.32 Å². The molecule has 1 aromatic rings. The molecule has 3 nitrogen and oxygen atoms in total. The fourth-order valence-corrected chi connectivity index (χ4v) is 2.51. The molecule has 0 bridgehead atoms. The molecule has 1 fully saturated rings. The minimum atomic E-state index is -0.477. The molecule has 3 N–H and O–H groups in total. The largest absolute Gasteiger partial charge is 0.352 e. The third kappa shape index (κ3) is 2.82. The molecule has 18 heavy (non-hydrogen) atoms. The lowest BCUT2D eigenvalue weighted by Gasteiger charge is -2.15. The Kier molecular flexibility index (Phi) is 4.19. The van der Waals surface area contributed by atoms with Gasteiger partial charge >= 0.3 is 0 Å². The van der Waals surface area contributed by atoms with Gasteiger partial charge in [-0.3, -0.25) is 4.79 Å². The summed E-state index contributed by atoms with van der Waals surface area (Å²) in [4.78, 5) is 11.9. The standard InChI is InChI=1S/C13H16ClFN2O/c14-10-5-1-3-8(12(10)15)7-17-13(18)9-4-2-6-11(9)16/h1,3,5,9,11H,2,4,6-7,16H2,(H,17,18). The van der Waals surface area contributed by atoms with E-state index < -0.39 is 5.82 Å². The van der Waals surface area contributed by atoms with E-state index in [-0.39, 0.29) is 29.4 Å². The van der Waals surface area contributed by atoms with Crippen molar-refractivity contribution in [2.75, 3.05) is 0 Å². The molecule has 0 aromatic heterocycles. The predicted molar refractivity (Wildman–Crippen MR) is 68.6 cm³/mol. The smallest absolute Gasteiger partial charge is 0.224 e. The van der Waals surface area contributed by atoms with Crippen molar-refractivity contribution in [2.24, 2.45) is 11.7 Å². The Bertz CT molecular complexity index is 453. The fraction of sp³-hybridized carbons (Fsp3) is 0.462. The van der Waals surface area contributed by atoms with Crippen LogP contribution in [0.3, 0.4) is 0 Å². The third-order valence-corrected chi connectivity index (χ3v) is 3.68. The van der Waals surface area contributed by atoms with E-state index in [0.717, 1.165) is 19.3 Å². The number of nitrogens with one attached hydrogen (secondary N) is 1. The maximum absolute atomic E-state index is 13.6. The molecule has 1 aromatic carbocycles. The van der Waals surface area contributed by atoms with Crippen LogP contribution < -0.4 is 11.1 Å². The summed E-state index contributed by atoms with van der Waals surface area (Å²) < 4.78 is 13.6. The first-order valence-corrected chi connectivity index (χ1v) is 6.43. The molecular weight excluding hydrogens is 255 g/mol. The summed E-state index contributed by atoms with van der Waals surface area (Å²) >= 11 is 5.67. The molecule has 0 saturated heterocycles. The molecule has 1 amide bonds. The van der Waals surface area contributed by atoms with Crippen molar-refractivity contribution in [1.82, 2.24) is 5.32 Å². The Labute approximate surface area is 111 Å². The number of hydrogen-bond donors (Lipinski definition) is 2. The third-order valence-electron chi connectivity index (χ3n) is 3.39. The van der Waals surface area contributed by atoms with E-state index in [1.54, 1.807) is 12.1 Å². The van der Waals surface area contributed by atoms with Crippen LogP contribution in [0.2, 0.25) is 5.02 Å². The first-order valence-electron chi connectivity index (χ1n) is 6.06. The van der Waals surface area contributed by atoms with E-state index >= 15 is 0 Å². The molecule has 0 radical (unpaired) electrons. The van der Waals surface area contributed by atoms with Gasteiger partial charge in [0.1, 0.15) is 5.82 Å². The number of nitrogens with two attached hydrogens (primary N) is 1. The van der Waals surface area contributed by atoms with Crippen molar-refractivity contribution in [3.8, 4) is 0 Å². The maximum atomic E-state index is 13.6. The van der Waals surface area contributed by atoms with Crippen molar-refractivity contribution < 1.29 is 9.18 Å². The van der Waals surface area contributed by atoms with Crippen molar-refractivity contribution >= 4 is 17.5 Å². The van der Waals surface area contributed by atoms with Crippen LogP contribution in [0.5, 0.6) is 0 Å². The average Bonchev–Trinajstić information content (AvgIpc) is 2.77.